The monoisotopic (exact) mass is 374 g/mol. The summed E-state index contributed by atoms with van der Waals surface area (Å²) in [6.45, 7) is 1.06. The molecule has 0 aliphatic carbocycles. The van der Waals surface area contributed by atoms with Gasteiger partial charge >= 0.3 is 5.97 Å². The molecular weight excluding hydrogens is 360 g/mol. The molecule has 2 aromatic carbocycles. The number of nitriles is 1. The van der Waals surface area contributed by atoms with Crippen molar-refractivity contribution in [3.63, 3.8) is 0 Å². The van der Waals surface area contributed by atoms with Crippen LogP contribution in [0.25, 0.3) is 0 Å². The van der Waals surface area contributed by atoms with E-state index in [1.165, 1.54) is 6.92 Å². The van der Waals surface area contributed by atoms with Gasteiger partial charge < -0.3 is 4.74 Å². The van der Waals surface area contributed by atoms with Gasteiger partial charge in [0.25, 0.3) is 5.69 Å². The Hall–Kier alpha value is -3.25. The first-order valence-electron chi connectivity index (χ1n) is 7.39. The molecule has 0 saturated heterocycles. The van der Waals surface area contributed by atoms with Gasteiger partial charge in [-0.1, -0.05) is 12.1 Å². The Bertz CT molecular complexity index is 960. The van der Waals surface area contributed by atoms with E-state index in [9.17, 15) is 23.3 Å². The molecule has 0 N–H and O–H groups in total. The third-order valence-electron chi connectivity index (χ3n) is 3.64. The number of non-ortho nitro benzene ring substituents is 1. The van der Waals surface area contributed by atoms with E-state index in [-0.39, 0.29) is 17.2 Å². The van der Waals surface area contributed by atoms with Crippen molar-refractivity contribution < 1.29 is 22.9 Å². The second-order valence-electron chi connectivity index (χ2n) is 5.35. The number of rotatable bonds is 6. The number of nitro groups is 1. The second kappa shape index (κ2) is 7.76. The molecule has 1 atom stereocenters. The Balaban J connectivity index is 2.07. The minimum atomic E-state index is -4.04. The summed E-state index contributed by atoms with van der Waals surface area (Å²) < 4.78 is 29.9. The third-order valence-corrected chi connectivity index (χ3v) is 5.69. The molecule has 0 unspecified atom stereocenters. The van der Waals surface area contributed by atoms with Crippen molar-refractivity contribution in [1.29, 1.82) is 5.26 Å². The molecule has 26 heavy (non-hydrogen) atoms. The van der Waals surface area contributed by atoms with Crippen molar-refractivity contribution in [3.8, 4) is 6.07 Å². The van der Waals surface area contributed by atoms with E-state index < -0.39 is 26.0 Å². The largest absolute Gasteiger partial charge is 0.460 e. The van der Waals surface area contributed by atoms with Crippen molar-refractivity contribution in [2.24, 2.45) is 0 Å². The average molecular weight is 374 g/mol. The first kappa shape index (κ1) is 19.1. The topological polar surface area (TPSA) is 127 Å². The number of carbonyl (C=O) groups is 1. The van der Waals surface area contributed by atoms with Gasteiger partial charge in [-0.15, -0.1) is 0 Å². The summed E-state index contributed by atoms with van der Waals surface area (Å²) in [6, 6.07) is 12.5. The van der Waals surface area contributed by atoms with E-state index in [1.54, 1.807) is 24.3 Å². The lowest BCUT2D eigenvalue weighted by Crippen LogP contribution is -2.29. The smallest absolute Gasteiger partial charge is 0.324 e. The Kier molecular flexibility index (Phi) is 5.69. The molecule has 0 aliphatic heterocycles. The summed E-state index contributed by atoms with van der Waals surface area (Å²) in [5.74, 6) is -0.937. The van der Waals surface area contributed by atoms with Crippen LogP contribution in [-0.4, -0.2) is 24.6 Å². The number of carbonyl (C=O) groups excluding carboxylic acids is 1. The number of esters is 1. The molecular formula is C17H14N2O6S. The first-order chi connectivity index (χ1) is 12.3. The normalized spacial score (nSPS) is 12.0. The van der Waals surface area contributed by atoms with Crippen molar-refractivity contribution in [3.05, 3.63) is 69.8 Å². The molecule has 2 rings (SSSR count). The van der Waals surface area contributed by atoms with Crippen LogP contribution in [0.1, 0.15) is 18.1 Å². The lowest BCUT2D eigenvalue weighted by Gasteiger charge is -2.13. The fourth-order valence-corrected chi connectivity index (χ4v) is 3.28. The molecule has 2 aromatic rings. The Labute approximate surface area is 149 Å². The van der Waals surface area contributed by atoms with E-state index in [0.29, 0.717) is 11.1 Å². The molecule has 0 heterocycles. The fraction of sp³-hybridized carbons (Fsp3) is 0.176. The highest BCUT2D eigenvalue weighted by molar-refractivity contribution is 7.92. The number of hydrogen-bond donors (Lipinski definition) is 0. The van der Waals surface area contributed by atoms with E-state index in [4.69, 9.17) is 10.00 Å². The lowest BCUT2D eigenvalue weighted by atomic mass is 10.2. The van der Waals surface area contributed by atoms with Crippen molar-refractivity contribution >= 4 is 21.5 Å². The van der Waals surface area contributed by atoms with Gasteiger partial charge in [0, 0.05) is 12.1 Å². The zero-order valence-electron chi connectivity index (χ0n) is 13.7. The Morgan fingerprint density at radius 2 is 1.77 bits per heavy atom. The average Bonchev–Trinajstić information content (AvgIpc) is 2.65. The van der Waals surface area contributed by atoms with Gasteiger partial charge in [0.15, 0.2) is 15.1 Å². The predicted molar refractivity (Wildman–Crippen MR) is 90.7 cm³/mol. The number of hydrogen-bond acceptors (Lipinski definition) is 7. The highest BCUT2D eigenvalue weighted by atomic mass is 32.2. The summed E-state index contributed by atoms with van der Waals surface area (Å²) in [5, 5.41) is 17.9. The van der Waals surface area contributed by atoms with Crippen LogP contribution in [0.2, 0.25) is 0 Å². The minimum absolute atomic E-state index is 0.134. The number of ether oxygens (including phenoxy) is 1. The summed E-state index contributed by atoms with van der Waals surface area (Å²) in [6.07, 6.45) is 0. The standard InChI is InChI=1S/C17H14N2O6S/c1-12(17(20)25-11-14-4-2-13(10-18)3-5-14)26(23,24)16-8-6-15(7-9-16)19(21)22/h2-9,12H,11H2,1H3/t12-/m0/s1. The maximum Gasteiger partial charge on any atom is 0.324 e. The molecule has 0 saturated carbocycles. The number of nitrogens with zero attached hydrogens (tertiary/aromatic N) is 2. The first-order valence-corrected chi connectivity index (χ1v) is 8.94. The van der Waals surface area contributed by atoms with Crippen LogP contribution in [-0.2, 0) is 26.0 Å². The second-order valence-corrected chi connectivity index (χ2v) is 7.62. The Morgan fingerprint density at radius 3 is 2.27 bits per heavy atom. The summed E-state index contributed by atoms with van der Waals surface area (Å²) in [4.78, 5) is 21.9. The summed E-state index contributed by atoms with van der Waals surface area (Å²) in [7, 11) is -4.04. The van der Waals surface area contributed by atoms with Crippen LogP contribution in [0.15, 0.2) is 53.4 Å². The van der Waals surface area contributed by atoms with E-state index in [1.807, 2.05) is 6.07 Å². The van der Waals surface area contributed by atoms with Gasteiger partial charge in [-0.25, -0.2) is 8.42 Å². The number of benzene rings is 2. The van der Waals surface area contributed by atoms with Crippen molar-refractivity contribution in [2.45, 2.75) is 23.7 Å². The highest BCUT2D eigenvalue weighted by Crippen LogP contribution is 2.21. The van der Waals surface area contributed by atoms with Crippen LogP contribution in [0.3, 0.4) is 0 Å². The maximum absolute atomic E-state index is 12.4. The van der Waals surface area contributed by atoms with Gasteiger partial charge in [-0.2, -0.15) is 5.26 Å². The van der Waals surface area contributed by atoms with Crippen molar-refractivity contribution in [2.75, 3.05) is 0 Å². The fourth-order valence-electron chi connectivity index (χ4n) is 2.04. The van der Waals surface area contributed by atoms with Gasteiger partial charge in [0.2, 0.25) is 0 Å². The van der Waals surface area contributed by atoms with Gasteiger partial charge in [0.05, 0.1) is 21.5 Å². The molecule has 134 valence electrons. The zero-order chi connectivity index (χ0) is 19.3. The van der Waals surface area contributed by atoms with E-state index in [0.717, 1.165) is 24.3 Å². The van der Waals surface area contributed by atoms with Crippen LogP contribution >= 0.6 is 0 Å². The minimum Gasteiger partial charge on any atom is -0.460 e. The van der Waals surface area contributed by atoms with E-state index in [2.05, 4.69) is 0 Å². The quantitative estimate of drug-likeness (QED) is 0.431. The van der Waals surface area contributed by atoms with E-state index >= 15 is 0 Å². The van der Waals surface area contributed by atoms with Gasteiger partial charge in [0.1, 0.15) is 6.61 Å². The van der Waals surface area contributed by atoms with Crippen LogP contribution < -0.4 is 0 Å². The maximum atomic E-state index is 12.4. The summed E-state index contributed by atoms with van der Waals surface area (Å²) >= 11 is 0. The number of nitro benzene ring substituents is 1. The molecule has 8 nitrogen and oxygen atoms in total. The summed E-state index contributed by atoms with van der Waals surface area (Å²) in [5.41, 5.74) is 0.812. The van der Waals surface area contributed by atoms with Crippen LogP contribution in [0.5, 0.6) is 0 Å². The van der Waals surface area contributed by atoms with Crippen LogP contribution in [0, 0.1) is 21.4 Å². The zero-order valence-corrected chi connectivity index (χ0v) is 14.5. The highest BCUT2D eigenvalue weighted by Gasteiger charge is 2.31. The SMILES string of the molecule is C[C@@H](C(=O)OCc1ccc(C#N)cc1)S(=O)(=O)c1ccc([N+](=O)[O-])cc1. The third kappa shape index (κ3) is 4.23. The van der Waals surface area contributed by atoms with Gasteiger partial charge in [-0.05, 0) is 36.8 Å². The van der Waals surface area contributed by atoms with Crippen LogP contribution in [0.4, 0.5) is 5.69 Å². The molecule has 0 fully saturated rings. The van der Waals surface area contributed by atoms with Gasteiger partial charge in [-0.3, -0.25) is 14.9 Å². The molecule has 9 heteroatoms. The molecule has 0 spiro atoms. The predicted octanol–water partition coefficient (Wildman–Crippen LogP) is 2.37. The molecule has 0 radical (unpaired) electrons. The lowest BCUT2D eigenvalue weighted by molar-refractivity contribution is -0.384. The molecule has 0 amide bonds. The number of sulfone groups is 1. The molecule has 0 bridgehead atoms. The molecule has 0 aromatic heterocycles. The van der Waals surface area contributed by atoms with Crippen molar-refractivity contribution in [1.82, 2.24) is 0 Å². The Morgan fingerprint density at radius 1 is 1.19 bits per heavy atom. The molecule has 0 aliphatic rings.